The molecule has 2 N–H and O–H groups in total. The van der Waals surface area contributed by atoms with Crippen LogP contribution < -0.4 is 10.6 Å². The van der Waals surface area contributed by atoms with Crippen LogP contribution in [0.25, 0.3) is 0 Å². The lowest BCUT2D eigenvalue weighted by Crippen LogP contribution is -2.55. The lowest BCUT2D eigenvalue weighted by Gasteiger charge is -2.40. The van der Waals surface area contributed by atoms with Crippen molar-refractivity contribution in [2.24, 2.45) is 0 Å². The van der Waals surface area contributed by atoms with Crippen molar-refractivity contribution in [2.75, 3.05) is 0 Å². The Hall–Kier alpha value is -2.47. The van der Waals surface area contributed by atoms with Crippen LogP contribution in [0.5, 0.6) is 0 Å². The summed E-state index contributed by atoms with van der Waals surface area (Å²) in [7, 11) is 0. The Morgan fingerprint density at radius 2 is 1.75 bits per heavy atom. The first kappa shape index (κ1) is 18.9. The summed E-state index contributed by atoms with van der Waals surface area (Å²) in [5.41, 5.74) is 1.01. The predicted octanol–water partition coefficient (Wildman–Crippen LogP) is 3.44. The highest BCUT2D eigenvalue weighted by atomic mass is 35.5. The van der Waals surface area contributed by atoms with Gasteiger partial charge < -0.3 is 10.6 Å². The Kier molecular flexibility index (Phi) is 4.83. The molecule has 0 aliphatic heterocycles. The molecule has 2 unspecified atom stereocenters. The van der Waals surface area contributed by atoms with Gasteiger partial charge in [0.2, 0.25) is 0 Å². The summed E-state index contributed by atoms with van der Waals surface area (Å²) in [5, 5.41) is 6.98. The summed E-state index contributed by atoms with van der Waals surface area (Å²) >= 11 is 6.02. The maximum absolute atomic E-state index is 12.8. The van der Waals surface area contributed by atoms with Gasteiger partial charge in [-0.05, 0) is 63.6 Å². The second-order valence-electron chi connectivity index (χ2n) is 8.06. The van der Waals surface area contributed by atoms with Gasteiger partial charge in [-0.25, -0.2) is 4.98 Å². The third kappa shape index (κ3) is 3.74. The monoisotopic (exact) mass is 398 g/mol. The van der Waals surface area contributed by atoms with Gasteiger partial charge in [-0.3, -0.25) is 14.6 Å². The first-order chi connectivity index (χ1) is 13.4. The van der Waals surface area contributed by atoms with E-state index in [1.807, 2.05) is 6.92 Å². The first-order valence-electron chi connectivity index (χ1n) is 9.58. The van der Waals surface area contributed by atoms with Crippen molar-refractivity contribution in [3.8, 4) is 0 Å². The lowest BCUT2D eigenvalue weighted by atomic mass is 9.78. The maximum atomic E-state index is 12.8. The van der Waals surface area contributed by atoms with Gasteiger partial charge in [0.15, 0.2) is 0 Å². The molecule has 2 aliphatic rings. The molecule has 146 valence electrons. The quantitative estimate of drug-likeness (QED) is 0.826. The van der Waals surface area contributed by atoms with Gasteiger partial charge in [-0.2, -0.15) is 0 Å². The zero-order valence-corrected chi connectivity index (χ0v) is 16.6. The molecule has 0 radical (unpaired) electrons. The number of halogens is 1. The number of fused-ring (bicyclic) bond motifs is 2. The molecule has 1 heterocycles. The van der Waals surface area contributed by atoms with E-state index in [-0.39, 0.29) is 22.9 Å². The van der Waals surface area contributed by atoms with Gasteiger partial charge in [0, 0.05) is 27.9 Å². The number of benzene rings is 1. The fraction of sp³-hybridized carbons (Fsp3) is 0.429. The zero-order chi connectivity index (χ0) is 19.8. The molecule has 2 aliphatic carbocycles. The number of carbonyl (C=O) groups excluding carboxylic acids is 2. The number of carbonyl (C=O) groups is 2. The van der Waals surface area contributed by atoms with E-state index in [9.17, 15) is 9.59 Å². The summed E-state index contributed by atoms with van der Waals surface area (Å²) in [4.78, 5) is 33.8. The van der Waals surface area contributed by atoms with E-state index in [2.05, 4.69) is 20.6 Å². The highest BCUT2D eigenvalue weighted by Crippen LogP contribution is 2.48. The Bertz CT molecular complexity index is 861. The van der Waals surface area contributed by atoms with Gasteiger partial charge in [-0.15, -0.1) is 0 Å². The Morgan fingerprint density at radius 3 is 2.43 bits per heavy atom. The van der Waals surface area contributed by atoms with Crippen LogP contribution in [-0.2, 0) is 0 Å². The van der Waals surface area contributed by atoms with Crippen molar-refractivity contribution >= 4 is 23.4 Å². The number of nitrogens with one attached hydrogen (secondary N) is 2. The van der Waals surface area contributed by atoms with Crippen LogP contribution >= 0.6 is 11.6 Å². The van der Waals surface area contributed by atoms with Gasteiger partial charge >= 0.3 is 0 Å². The fourth-order valence-corrected chi connectivity index (χ4v) is 4.84. The first-order valence-corrected chi connectivity index (χ1v) is 9.96. The molecule has 0 saturated heterocycles. The molecule has 1 aromatic carbocycles. The second-order valence-corrected chi connectivity index (χ2v) is 8.49. The number of aryl methyl sites for hydroxylation is 1. The minimum absolute atomic E-state index is 0.115. The van der Waals surface area contributed by atoms with E-state index < -0.39 is 0 Å². The van der Waals surface area contributed by atoms with Gasteiger partial charge in [0.05, 0.1) is 11.9 Å². The number of hydrogen-bond acceptors (Lipinski definition) is 4. The van der Waals surface area contributed by atoms with E-state index in [1.54, 1.807) is 30.5 Å². The average Bonchev–Trinajstić information content (AvgIpc) is 2.91. The highest BCUT2D eigenvalue weighted by Gasteiger charge is 2.52. The number of rotatable bonds is 4. The van der Waals surface area contributed by atoms with Crippen LogP contribution in [0.4, 0.5) is 0 Å². The van der Waals surface area contributed by atoms with Crippen LogP contribution in [0, 0.1) is 6.92 Å². The smallest absolute Gasteiger partial charge is 0.271 e. The van der Waals surface area contributed by atoms with Crippen LogP contribution in [0.3, 0.4) is 0 Å². The summed E-state index contributed by atoms with van der Waals surface area (Å²) in [6.07, 6.45) is 8.32. The van der Waals surface area contributed by atoms with E-state index in [4.69, 9.17) is 11.6 Å². The third-order valence-electron chi connectivity index (χ3n) is 5.90. The minimum atomic E-state index is -0.303. The molecule has 2 fully saturated rings. The number of aromatic nitrogens is 2. The number of nitrogens with zero attached hydrogens (tertiary/aromatic N) is 2. The van der Waals surface area contributed by atoms with Crippen LogP contribution in [0.2, 0.25) is 5.02 Å². The molecular formula is C21H23ClN4O2. The van der Waals surface area contributed by atoms with E-state index in [0.717, 1.165) is 38.5 Å². The fourth-order valence-electron chi connectivity index (χ4n) is 4.65. The standard InChI is InChI=1S/C21H23ClN4O2/c1-14-11-23-12-17(24-14)19(28)26-21-7-3-6-20(13-21,8-9-21)25-18(27)15-4-2-5-16(22)10-15/h2,4-5,10-12H,3,6-9,13H2,1H3,(H,25,27)(H,26,28). The molecule has 0 spiro atoms. The van der Waals surface area contributed by atoms with Crippen molar-refractivity contribution in [3.05, 3.63) is 58.6 Å². The molecule has 2 amide bonds. The molecule has 6 nitrogen and oxygen atoms in total. The van der Waals surface area contributed by atoms with E-state index in [1.165, 1.54) is 6.20 Å². The maximum Gasteiger partial charge on any atom is 0.271 e. The second kappa shape index (κ2) is 7.17. The summed E-state index contributed by atoms with van der Waals surface area (Å²) in [6.45, 7) is 1.81. The number of hydrogen-bond donors (Lipinski definition) is 2. The van der Waals surface area contributed by atoms with Gasteiger partial charge in [-0.1, -0.05) is 17.7 Å². The van der Waals surface area contributed by atoms with Crippen LogP contribution in [-0.4, -0.2) is 32.9 Å². The van der Waals surface area contributed by atoms with Gasteiger partial charge in [0.25, 0.3) is 11.8 Å². The van der Waals surface area contributed by atoms with Crippen molar-refractivity contribution in [2.45, 2.75) is 56.5 Å². The van der Waals surface area contributed by atoms with Crippen molar-refractivity contribution in [1.82, 2.24) is 20.6 Å². The topological polar surface area (TPSA) is 84.0 Å². The third-order valence-corrected chi connectivity index (χ3v) is 6.14. The lowest BCUT2D eigenvalue weighted by molar-refractivity contribution is 0.0829. The summed E-state index contributed by atoms with van der Waals surface area (Å²) < 4.78 is 0. The van der Waals surface area contributed by atoms with Crippen molar-refractivity contribution < 1.29 is 9.59 Å². The molecule has 2 aromatic rings. The molecule has 1 aromatic heterocycles. The van der Waals surface area contributed by atoms with Crippen LogP contribution in [0.1, 0.15) is 65.1 Å². The predicted molar refractivity (Wildman–Crippen MR) is 106 cm³/mol. The minimum Gasteiger partial charge on any atom is -0.347 e. The molecule has 4 rings (SSSR count). The SMILES string of the molecule is Cc1cncc(C(=O)NC23CCCC(NC(=O)c4cccc(Cl)c4)(CC2)C3)n1. The van der Waals surface area contributed by atoms with E-state index in [0.29, 0.717) is 22.0 Å². The summed E-state index contributed by atoms with van der Waals surface area (Å²) in [5.74, 6) is -0.314. The summed E-state index contributed by atoms with van der Waals surface area (Å²) in [6, 6.07) is 6.97. The average molecular weight is 399 g/mol. The molecular weight excluding hydrogens is 376 g/mol. The van der Waals surface area contributed by atoms with Crippen molar-refractivity contribution in [1.29, 1.82) is 0 Å². The molecule has 2 atom stereocenters. The van der Waals surface area contributed by atoms with Gasteiger partial charge in [0.1, 0.15) is 5.69 Å². The van der Waals surface area contributed by atoms with Crippen LogP contribution in [0.15, 0.2) is 36.7 Å². The normalized spacial score (nSPS) is 25.9. The zero-order valence-electron chi connectivity index (χ0n) is 15.8. The molecule has 2 bridgehead atoms. The number of amides is 2. The highest BCUT2D eigenvalue weighted by molar-refractivity contribution is 6.30. The Balaban J connectivity index is 1.48. The molecule has 7 heteroatoms. The Morgan fingerprint density at radius 1 is 1.04 bits per heavy atom. The molecule has 2 saturated carbocycles. The van der Waals surface area contributed by atoms with E-state index >= 15 is 0 Å². The Labute approximate surface area is 169 Å². The largest absolute Gasteiger partial charge is 0.347 e. The molecule has 28 heavy (non-hydrogen) atoms. The van der Waals surface area contributed by atoms with Crippen molar-refractivity contribution in [3.63, 3.8) is 0 Å².